The zero-order chi connectivity index (χ0) is 19.7. The molecule has 0 saturated carbocycles. The monoisotopic (exact) mass is 432 g/mol. The summed E-state index contributed by atoms with van der Waals surface area (Å²) in [5, 5.41) is 17.1. The number of benzene rings is 1. The molecule has 1 amide bonds. The van der Waals surface area contributed by atoms with E-state index in [0.29, 0.717) is 16.9 Å². The lowest BCUT2D eigenvalue weighted by Crippen LogP contribution is -2.30. The Bertz CT molecular complexity index is 1010. The van der Waals surface area contributed by atoms with E-state index in [4.69, 9.17) is 0 Å². The Labute approximate surface area is 180 Å². The number of anilines is 1. The summed E-state index contributed by atoms with van der Waals surface area (Å²) in [7, 11) is 0. The van der Waals surface area contributed by atoms with Gasteiger partial charge >= 0.3 is 0 Å². The van der Waals surface area contributed by atoms with Crippen LogP contribution in [0.3, 0.4) is 0 Å². The lowest BCUT2D eigenvalue weighted by Gasteiger charge is -2.23. The molecule has 2 N–H and O–H groups in total. The van der Waals surface area contributed by atoms with Gasteiger partial charge in [-0.3, -0.25) is 10.1 Å². The van der Waals surface area contributed by atoms with Gasteiger partial charge in [0.25, 0.3) is 5.91 Å². The van der Waals surface area contributed by atoms with E-state index in [1.54, 1.807) is 0 Å². The van der Waals surface area contributed by atoms with Crippen molar-refractivity contribution < 1.29 is 4.79 Å². The van der Waals surface area contributed by atoms with Gasteiger partial charge in [0.15, 0.2) is 10.8 Å². The Morgan fingerprint density at radius 1 is 1.21 bits per heavy atom. The van der Waals surface area contributed by atoms with Crippen molar-refractivity contribution in [1.29, 1.82) is 0 Å². The molecule has 0 radical (unpaired) electrons. The molecule has 29 heavy (non-hydrogen) atoms. The lowest BCUT2D eigenvalue weighted by molar-refractivity contribution is 0.102. The summed E-state index contributed by atoms with van der Waals surface area (Å²) >= 11 is 1.41. The van der Waals surface area contributed by atoms with Gasteiger partial charge < -0.3 is 5.32 Å². The van der Waals surface area contributed by atoms with Crippen molar-refractivity contribution in [1.82, 2.24) is 25.3 Å². The fourth-order valence-corrected chi connectivity index (χ4v) is 4.18. The summed E-state index contributed by atoms with van der Waals surface area (Å²) in [6, 6.07) is 6.55. The Morgan fingerprint density at radius 2 is 1.97 bits per heavy atom. The van der Waals surface area contributed by atoms with Gasteiger partial charge in [-0.1, -0.05) is 17.3 Å². The number of aryl methyl sites for hydroxylation is 2. The number of amides is 1. The van der Waals surface area contributed by atoms with Crippen molar-refractivity contribution in [2.45, 2.75) is 39.7 Å². The molecule has 0 aliphatic carbocycles. The number of piperidine rings is 1. The quantitative estimate of drug-likeness (QED) is 0.652. The number of nitrogens with one attached hydrogen (secondary N) is 2. The van der Waals surface area contributed by atoms with Crippen LogP contribution in [0.2, 0.25) is 0 Å². The second kappa shape index (κ2) is 9.02. The molecule has 0 spiro atoms. The van der Waals surface area contributed by atoms with Crippen LogP contribution in [-0.2, 0) is 0 Å². The van der Waals surface area contributed by atoms with Crippen LogP contribution < -0.4 is 10.6 Å². The number of aromatic nitrogens is 4. The number of rotatable bonds is 4. The highest BCUT2D eigenvalue weighted by Gasteiger charge is 2.23. The van der Waals surface area contributed by atoms with Gasteiger partial charge in [0, 0.05) is 10.9 Å². The molecule has 9 heteroatoms. The van der Waals surface area contributed by atoms with Crippen LogP contribution in [0, 0.1) is 20.8 Å². The topological polar surface area (TPSA) is 84.7 Å². The van der Waals surface area contributed by atoms with Gasteiger partial charge in [-0.05, 0) is 63.9 Å². The molecule has 7 nitrogen and oxygen atoms in total. The first-order valence-corrected chi connectivity index (χ1v) is 10.4. The molecule has 1 aliphatic rings. The van der Waals surface area contributed by atoms with Crippen LogP contribution >= 0.6 is 23.7 Å². The van der Waals surface area contributed by atoms with Crippen molar-refractivity contribution in [3.8, 4) is 11.3 Å². The molecule has 0 atom stereocenters. The van der Waals surface area contributed by atoms with Gasteiger partial charge in [0.1, 0.15) is 0 Å². The SMILES string of the molecule is Cc1ccc(-c2csc(NC(=O)c3nnn(C4CCNCC4)c3C)n2)cc1C.Cl. The van der Waals surface area contributed by atoms with Crippen LogP contribution in [0.5, 0.6) is 0 Å². The number of hydrogen-bond acceptors (Lipinski definition) is 6. The average Bonchev–Trinajstić information content (AvgIpc) is 3.31. The maximum atomic E-state index is 12.7. The first-order valence-electron chi connectivity index (χ1n) is 9.50. The summed E-state index contributed by atoms with van der Waals surface area (Å²) in [6.45, 7) is 8.00. The van der Waals surface area contributed by atoms with E-state index >= 15 is 0 Å². The van der Waals surface area contributed by atoms with Gasteiger partial charge in [-0.2, -0.15) is 0 Å². The fourth-order valence-electron chi connectivity index (χ4n) is 3.47. The molecule has 3 heterocycles. The molecule has 154 valence electrons. The van der Waals surface area contributed by atoms with Gasteiger partial charge in [-0.25, -0.2) is 9.67 Å². The minimum Gasteiger partial charge on any atom is -0.317 e. The van der Waals surface area contributed by atoms with Crippen LogP contribution in [0.4, 0.5) is 5.13 Å². The highest BCUT2D eigenvalue weighted by molar-refractivity contribution is 7.14. The maximum absolute atomic E-state index is 12.7. The third-order valence-corrected chi connectivity index (χ3v) is 6.08. The molecular weight excluding hydrogens is 408 g/mol. The Balaban J connectivity index is 0.00000240. The number of hydrogen-bond donors (Lipinski definition) is 2. The molecule has 1 aliphatic heterocycles. The van der Waals surface area contributed by atoms with Crippen molar-refractivity contribution >= 4 is 34.8 Å². The van der Waals surface area contributed by atoms with Crippen molar-refractivity contribution in [2.24, 2.45) is 0 Å². The van der Waals surface area contributed by atoms with E-state index in [1.807, 2.05) is 17.0 Å². The third kappa shape index (κ3) is 4.49. The minimum atomic E-state index is -0.265. The summed E-state index contributed by atoms with van der Waals surface area (Å²) < 4.78 is 1.89. The molecule has 0 bridgehead atoms. The fraction of sp³-hybridized carbons (Fsp3) is 0.400. The van der Waals surface area contributed by atoms with Crippen LogP contribution in [0.15, 0.2) is 23.6 Å². The van der Waals surface area contributed by atoms with Crippen LogP contribution in [0.1, 0.15) is 46.2 Å². The van der Waals surface area contributed by atoms with Gasteiger partial charge in [0.05, 0.1) is 17.4 Å². The molecule has 1 fully saturated rings. The van der Waals surface area contributed by atoms with E-state index in [9.17, 15) is 4.79 Å². The molecule has 1 aromatic carbocycles. The van der Waals surface area contributed by atoms with Crippen LogP contribution in [-0.4, -0.2) is 39.0 Å². The van der Waals surface area contributed by atoms with E-state index < -0.39 is 0 Å². The standard InChI is InChI=1S/C20H24N6OS.ClH/c1-12-4-5-15(10-13(12)2)17-11-28-20(22-17)23-19(27)18-14(3)26(25-24-18)16-6-8-21-9-7-16;/h4-5,10-11,16,21H,6-9H2,1-3H3,(H,22,23,27);1H. The van der Waals surface area contributed by atoms with Crippen LogP contribution in [0.25, 0.3) is 11.3 Å². The number of carbonyl (C=O) groups is 1. The second-order valence-corrected chi connectivity index (χ2v) is 8.10. The lowest BCUT2D eigenvalue weighted by atomic mass is 10.1. The van der Waals surface area contributed by atoms with E-state index in [2.05, 4.69) is 58.0 Å². The molecular formula is C20H25ClN6OS. The Hall–Kier alpha value is -2.29. The zero-order valence-electron chi connectivity index (χ0n) is 16.7. The maximum Gasteiger partial charge on any atom is 0.279 e. The molecule has 0 unspecified atom stereocenters. The molecule has 3 aromatic rings. The summed E-state index contributed by atoms with van der Waals surface area (Å²) in [5.41, 5.74) is 5.55. The largest absolute Gasteiger partial charge is 0.317 e. The Kier molecular flexibility index (Phi) is 6.66. The number of thiazole rings is 1. The summed E-state index contributed by atoms with van der Waals surface area (Å²) in [4.78, 5) is 17.3. The van der Waals surface area contributed by atoms with Crippen molar-refractivity contribution in [3.05, 3.63) is 46.1 Å². The van der Waals surface area contributed by atoms with Gasteiger partial charge in [0.2, 0.25) is 0 Å². The smallest absolute Gasteiger partial charge is 0.279 e. The van der Waals surface area contributed by atoms with E-state index in [1.165, 1.54) is 22.5 Å². The normalized spacial score (nSPS) is 14.4. The zero-order valence-corrected chi connectivity index (χ0v) is 18.4. The number of carbonyl (C=O) groups excluding carboxylic acids is 1. The minimum absolute atomic E-state index is 0. The average molecular weight is 433 g/mol. The highest BCUT2D eigenvalue weighted by atomic mass is 35.5. The van der Waals surface area contributed by atoms with E-state index in [0.717, 1.165) is 42.9 Å². The highest BCUT2D eigenvalue weighted by Crippen LogP contribution is 2.27. The first-order chi connectivity index (χ1) is 13.5. The van der Waals surface area contributed by atoms with E-state index in [-0.39, 0.29) is 18.3 Å². The summed E-state index contributed by atoms with van der Waals surface area (Å²) in [6.07, 6.45) is 1.99. The third-order valence-electron chi connectivity index (χ3n) is 5.32. The van der Waals surface area contributed by atoms with Crippen molar-refractivity contribution in [3.63, 3.8) is 0 Å². The summed E-state index contributed by atoms with van der Waals surface area (Å²) in [5.74, 6) is -0.265. The van der Waals surface area contributed by atoms with Crippen molar-refractivity contribution in [2.75, 3.05) is 18.4 Å². The Morgan fingerprint density at radius 3 is 2.69 bits per heavy atom. The molecule has 2 aromatic heterocycles. The number of halogens is 1. The molecule has 4 rings (SSSR count). The second-order valence-electron chi connectivity index (χ2n) is 7.24. The number of nitrogens with zero attached hydrogens (tertiary/aromatic N) is 4. The predicted molar refractivity (Wildman–Crippen MR) is 118 cm³/mol. The first kappa shape index (κ1) is 21.4. The molecule has 1 saturated heterocycles. The van der Waals surface area contributed by atoms with Gasteiger partial charge in [-0.15, -0.1) is 28.8 Å². The predicted octanol–water partition coefficient (Wildman–Crippen LogP) is 3.93.